The van der Waals surface area contributed by atoms with Gasteiger partial charge in [-0.3, -0.25) is 4.79 Å². The molecule has 0 spiro atoms. The van der Waals surface area contributed by atoms with Crippen LogP contribution in [0.5, 0.6) is 0 Å². The summed E-state index contributed by atoms with van der Waals surface area (Å²) >= 11 is 0. The molecular formula is C8H14O3. The summed E-state index contributed by atoms with van der Waals surface area (Å²) in [5.74, 6) is -0.732. The van der Waals surface area contributed by atoms with Gasteiger partial charge in [0.25, 0.3) is 0 Å². The predicted molar refractivity (Wildman–Crippen MR) is 40.3 cm³/mol. The molecule has 0 amide bonds. The second-order valence-electron chi connectivity index (χ2n) is 3.88. The number of rotatable bonds is 3. The van der Waals surface area contributed by atoms with Gasteiger partial charge in [-0.05, 0) is 11.8 Å². The number of carboxylic acid groups (broad SMARTS) is 1. The highest BCUT2D eigenvalue weighted by molar-refractivity contribution is 5.80. The van der Waals surface area contributed by atoms with Gasteiger partial charge in [0.15, 0.2) is 0 Å². The van der Waals surface area contributed by atoms with Crippen LogP contribution < -0.4 is 0 Å². The van der Waals surface area contributed by atoms with E-state index in [0.717, 1.165) is 6.42 Å². The third-order valence-electron chi connectivity index (χ3n) is 2.71. The normalized spacial score (nSPS) is 33.4. The van der Waals surface area contributed by atoms with Crippen LogP contribution in [0.1, 0.15) is 20.3 Å². The van der Waals surface area contributed by atoms with E-state index in [-0.39, 0.29) is 5.41 Å². The van der Waals surface area contributed by atoms with Crippen LogP contribution in [0.4, 0.5) is 0 Å². The molecule has 0 radical (unpaired) electrons. The second-order valence-corrected chi connectivity index (χ2v) is 3.88. The third kappa shape index (κ3) is 1.03. The summed E-state index contributed by atoms with van der Waals surface area (Å²) in [5.41, 5.74) is -0.698. The standard InChI is InChI=1S/C8H14O3/c1-7(2)4-8(7,5-11-3)6(9)10/h4-5H2,1-3H3,(H,9,10)/t8-/m0/s1. The van der Waals surface area contributed by atoms with Crippen LogP contribution in [0.15, 0.2) is 0 Å². The zero-order valence-corrected chi connectivity index (χ0v) is 7.18. The SMILES string of the molecule is COC[C@]1(C(=O)O)CC1(C)C. The van der Waals surface area contributed by atoms with Crippen molar-refractivity contribution in [1.29, 1.82) is 0 Å². The summed E-state index contributed by atoms with van der Waals surface area (Å²) in [5, 5.41) is 8.89. The van der Waals surface area contributed by atoms with E-state index in [4.69, 9.17) is 9.84 Å². The van der Waals surface area contributed by atoms with Gasteiger partial charge in [0.2, 0.25) is 0 Å². The molecule has 0 heterocycles. The predicted octanol–water partition coefficient (Wildman–Crippen LogP) is 1.13. The van der Waals surface area contributed by atoms with Crippen LogP contribution in [0.2, 0.25) is 0 Å². The van der Waals surface area contributed by atoms with Crippen LogP contribution >= 0.6 is 0 Å². The van der Waals surface area contributed by atoms with Gasteiger partial charge in [0, 0.05) is 7.11 Å². The first kappa shape index (κ1) is 8.53. The summed E-state index contributed by atoms with van der Waals surface area (Å²) in [6.07, 6.45) is 0.725. The number of ether oxygens (including phenoxy) is 1. The zero-order chi connectivity index (χ0) is 8.70. The molecule has 0 saturated heterocycles. The summed E-state index contributed by atoms with van der Waals surface area (Å²) in [6.45, 7) is 4.25. The average Bonchev–Trinajstić information content (AvgIpc) is 2.36. The maximum Gasteiger partial charge on any atom is 0.312 e. The average molecular weight is 158 g/mol. The fourth-order valence-corrected chi connectivity index (χ4v) is 1.63. The maximum absolute atomic E-state index is 10.8. The Morgan fingerprint density at radius 2 is 2.09 bits per heavy atom. The molecule has 0 aromatic heterocycles. The molecule has 3 nitrogen and oxygen atoms in total. The van der Waals surface area contributed by atoms with E-state index in [0.29, 0.717) is 6.61 Å². The van der Waals surface area contributed by atoms with Crippen molar-refractivity contribution in [1.82, 2.24) is 0 Å². The summed E-state index contributed by atoms with van der Waals surface area (Å²) in [4.78, 5) is 10.8. The van der Waals surface area contributed by atoms with Crippen molar-refractivity contribution in [2.45, 2.75) is 20.3 Å². The van der Waals surface area contributed by atoms with Crippen molar-refractivity contribution in [3.8, 4) is 0 Å². The summed E-state index contributed by atoms with van der Waals surface area (Å²) < 4.78 is 4.89. The van der Waals surface area contributed by atoms with Gasteiger partial charge in [-0.2, -0.15) is 0 Å². The lowest BCUT2D eigenvalue weighted by Crippen LogP contribution is -2.25. The van der Waals surface area contributed by atoms with Gasteiger partial charge in [-0.25, -0.2) is 0 Å². The Bertz CT molecular complexity index is 186. The lowest BCUT2D eigenvalue weighted by molar-refractivity contribution is -0.147. The number of carbonyl (C=O) groups is 1. The quantitative estimate of drug-likeness (QED) is 0.669. The molecule has 0 aromatic rings. The van der Waals surface area contributed by atoms with Crippen LogP contribution in [-0.2, 0) is 9.53 Å². The molecule has 3 heteroatoms. The molecule has 0 aromatic carbocycles. The fourth-order valence-electron chi connectivity index (χ4n) is 1.63. The molecule has 64 valence electrons. The number of carboxylic acids is 1. The molecule has 1 fully saturated rings. The van der Waals surface area contributed by atoms with Gasteiger partial charge >= 0.3 is 5.97 Å². The fraction of sp³-hybridized carbons (Fsp3) is 0.875. The van der Waals surface area contributed by atoms with Gasteiger partial charge < -0.3 is 9.84 Å². The van der Waals surface area contributed by atoms with Crippen molar-refractivity contribution in [3.63, 3.8) is 0 Å². The number of aliphatic carboxylic acids is 1. The van der Waals surface area contributed by atoms with E-state index in [9.17, 15) is 4.79 Å². The highest BCUT2D eigenvalue weighted by Gasteiger charge is 2.66. The first-order valence-electron chi connectivity index (χ1n) is 3.69. The van der Waals surface area contributed by atoms with Crippen molar-refractivity contribution in [2.75, 3.05) is 13.7 Å². The Kier molecular flexibility index (Phi) is 1.71. The lowest BCUT2D eigenvalue weighted by atomic mass is 9.97. The van der Waals surface area contributed by atoms with E-state index in [2.05, 4.69) is 0 Å². The van der Waals surface area contributed by atoms with Crippen molar-refractivity contribution >= 4 is 5.97 Å². The minimum absolute atomic E-state index is 0.0884. The Morgan fingerprint density at radius 1 is 1.64 bits per heavy atom. The third-order valence-corrected chi connectivity index (χ3v) is 2.71. The van der Waals surface area contributed by atoms with E-state index < -0.39 is 11.4 Å². The Hall–Kier alpha value is -0.570. The largest absolute Gasteiger partial charge is 0.481 e. The summed E-state index contributed by atoms with van der Waals surface area (Å²) in [7, 11) is 1.54. The van der Waals surface area contributed by atoms with Crippen molar-refractivity contribution < 1.29 is 14.6 Å². The number of hydrogen-bond donors (Lipinski definition) is 1. The first-order chi connectivity index (χ1) is 4.96. The molecule has 1 aliphatic rings. The van der Waals surface area contributed by atoms with Crippen molar-refractivity contribution in [3.05, 3.63) is 0 Å². The monoisotopic (exact) mass is 158 g/mol. The van der Waals surface area contributed by atoms with E-state index in [1.807, 2.05) is 13.8 Å². The minimum Gasteiger partial charge on any atom is -0.481 e. The lowest BCUT2D eigenvalue weighted by Gasteiger charge is -2.13. The van der Waals surface area contributed by atoms with Gasteiger partial charge in [0.05, 0.1) is 12.0 Å². The molecule has 0 bridgehead atoms. The van der Waals surface area contributed by atoms with Gasteiger partial charge in [-0.15, -0.1) is 0 Å². The number of hydrogen-bond acceptors (Lipinski definition) is 2. The topological polar surface area (TPSA) is 46.5 Å². The molecule has 1 aliphatic carbocycles. The van der Waals surface area contributed by atoms with E-state index >= 15 is 0 Å². The second kappa shape index (κ2) is 2.21. The molecule has 1 saturated carbocycles. The van der Waals surface area contributed by atoms with Gasteiger partial charge in [0.1, 0.15) is 0 Å². The Morgan fingerprint density at radius 3 is 2.18 bits per heavy atom. The van der Waals surface area contributed by atoms with E-state index in [1.54, 1.807) is 7.11 Å². The molecular weight excluding hydrogens is 144 g/mol. The van der Waals surface area contributed by atoms with Crippen LogP contribution in [0.25, 0.3) is 0 Å². The van der Waals surface area contributed by atoms with E-state index in [1.165, 1.54) is 0 Å². The molecule has 1 N–H and O–H groups in total. The van der Waals surface area contributed by atoms with Crippen LogP contribution in [0, 0.1) is 10.8 Å². The molecule has 1 atom stereocenters. The molecule has 0 unspecified atom stereocenters. The molecule has 11 heavy (non-hydrogen) atoms. The maximum atomic E-state index is 10.8. The Balaban J connectivity index is 2.71. The Labute approximate surface area is 66.4 Å². The number of methoxy groups -OCH3 is 1. The highest BCUT2D eigenvalue weighted by Crippen LogP contribution is 2.63. The molecule has 1 rings (SSSR count). The van der Waals surface area contributed by atoms with Crippen molar-refractivity contribution in [2.24, 2.45) is 10.8 Å². The highest BCUT2D eigenvalue weighted by atomic mass is 16.5. The molecule has 0 aliphatic heterocycles. The summed E-state index contributed by atoms with van der Waals surface area (Å²) in [6, 6.07) is 0. The minimum atomic E-state index is -0.732. The van der Waals surface area contributed by atoms with Gasteiger partial charge in [-0.1, -0.05) is 13.8 Å². The van der Waals surface area contributed by atoms with Crippen LogP contribution in [0.3, 0.4) is 0 Å². The zero-order valence-electron chi connectivity index (χ0n) is 7.18. The first-order valence-corrected chi connectivity index (χ1v) is 3.69. The smallest absolute Gasteiger partial charge is 0.312 e. The van der Waals surface area contributed by atoms with Crippen LogP contribution in [-0.4, -0.2) is 24.8 Å².